The van der Waals surface area contributed by atoms with Gasteiger partial charge in [0.2, 0.25) is 0 Å². The second-order valence-electron chi connectivity index (χ2n) is 4.74. The molecule has 0 aliphatic heterocycles. The van der Waals surface area contributed by atoms with Crippen molar-refractivity contribution < 1.29 is 14.3 Å². The maximum absolute atomic E-state index is 13.8. The molecule has 1 heterocycles. The molecule has 0 unspecified atom stereocenters. The minimum atomic E-state index is -1.24. The Bertz CT molecular complexity index is 596. The highest BCUT2D eigenvalue weighted by atomic mass is 32.1. The van der Waals surface area contributed by atoms with Gasteiger partial charge < -0.3 is 10.0 Å². The molecule has 0 fully saturated rings. The number of anilines is 1. The average molecular weight is 293 g/mol. The number of hydrogen-bond donors (Lipinski definition) is 1. The Morgan fingerprint density at radius 3 is 2.65 bits per heavy atom. The lowest BCUT2D eigenvalue weighted by atomic mass is 10.1. The van der Waals surface area contributed by atoms with Crippen LogP contribution < -0.4 is 4.90 Å². The Morgan fingerprint density at radius 2 is 2.10 bits per heavy atom. The van der Waals surface area contributed by atoms with Gasteiger partial charge in [-0.3, -0.25) is 0 Å². The number of carboxylic acid groups (broad SMARTS) is 1. The van der Waals surface area contributed by atoms with Gasteiger partial charge in [0.15, 0.2) is 0 Å². The van der Waals surface area contributed by atoms with E-state index in [0.717, 1.165) is 4.88 Å². The van der Waals surface area contributed by atoms with E-state index in [1.54, 1.807) is 23.5 Å². The molecular weight excluding hydrogens is 277 g/mol. The average Bonchev–Trinajstić information content (AvgIpc) is 2.87. The third kappa shape index (κ3) is 2.99. The smallest absolute Gasteiger partial charge is 0.340 e. The van der Waals surface area contributed by atoms with Crippen LogP contribution in [0.15, 0.2) is 35.7 Å². The lowest BCUT2D eigenvalue weighted by Gasteiger charge is -2.29. The van der Waals surface area contributed by atoms with Gasteiger partial charge in [0.25, 0.3) is 0 Å². The molecular formula is C15H16FNO2S. The van der Waals surface area contributed by atoms with Gasteiger partial charge in [-0.15, -0.1) is 11.3 Å². The second-order valence-corrected chi connectivity index (χ2v) is 5.77. The van der Waals surface area contributed by atoms with Crippen LogP contribution in [0.25, 0.3) is 0 Å². The molecule has 0 radical (unpaired) electrons. The minimum absolute atomic E-state index is 0.0667. The van der Waals surface area contributed by atoms with E-state index in [9.17, 15) is 14.3 Å². The highest BCUT2D eigenvalue weighted by Gasteiger charge is 2.22. The summed E-state index contributed by atoms with van der Waals surface area (Å²) in [7, 11) is 0. The standard InChI is InChI=1S/C15H16FNO2S/c1-10(2)17(9-11-5-4-8-20-11)13-7-3-6-12(16)14(13)15(18)19/h3-8,10H,9H2,1-2H3,(H,18,19). The van der Waals surface area contributed by atoms with Crippen LogP contribution in [0.2, 0.25) is 0 Å². The molecule has 0 aliphatic rings. The van der Waals surface area contributed by atoms with Crippen molar-refractivity contribution in [1.82, 2.24) is 0 Å². The van der Waals surface area contributed by atoms with Crippen molar-refractivity contribution in [2.24, 2.45) is 0 Å². The largest absolute Gasteiger partial charge is 0.478 e. The lowest BCUT2D eigenvalue weighted by molar-refractivity contribution is 0.0692. The van der Waals surface area contributed by atoms with E-state index in [2.05, 4.69) is 0 Å². The lowest BCUT2D eigenvalue weighted by Crippen LogP contribution is -2.31. The van der Waals surface area contributed by atoms with Crippen LogP contribution in [-0.4, -0.2) is 17.1 Å². The van der Waals surface area contributed by atoms with Gasteiger partial charge in [0.1, 0.15) is 11.4 Å². The zero-order valence-corrected chi connectivity index (χ0v) is 12.2. The quantitative estimate of drug-likeness (QED) is 0.905. The summed E-state index contributed by atoms with van der Waals surface area (Å²) in [5.74, 6) is -1.94. The Morgan fingerprint density at radius 1 is 1.35 bits per heavy atom. The SMILES string of the molecule is CC(C)N(Cc1cccs1)c1cccc(F)c1C(=O)O. The number of aromatic carboxylic acids is 1. The van der Waals surface area contributed by atoms with Gasteiger partial charge in [-0.25, -0.2) is 9.18 Å². The zero-order chi connectivity index (χ0) is 14.7. The van der Waals surface area contributed by atoms with E-state index < -0.39 is 11.8 Å². The van der Waals surface area contributed by atoms with Crippen LogP contribution >= 0.6 is 11.3 Å². The Kier molecular flexibility index (Phi) is 4.39. The summed E-state index contributed by atoms with van der Waals surface area (Å²) in [6.07, 6.45) is 0. The van der Waals surface area contributed by atoms with Crippen molar-refractivity contribution in [1.29, 1.82) is 0 Å². The molecule has 0 bridgehead atoms. The van der Waals surface area contributed by atoms with Crippen LogP contribution in [-0.2, 0) is 6.54 Å². The molecule has 1 aromatic heterocycles. The van der Waals surface area contributed by atoms with Crippen LogP contribution in [0.4, 0.5) is 10.1 Å². The Labute approximate surface area is 121 Å². The van der Waals surface area contributed by atoms with Crippen LogP contribution in [0.5, 0.6) is 0 Å². The molecule has 1 aromatic carbocycles. The number of carboxylic acids is 1. The minimum Gasteiger partial charge on any atom is -0.478 e. The molecule has 0 spiro atoms. The summed E-state index contributed by atoms with van der Waals surface area (Å²) >= 11 is 1.60. The maximum Gasteiger partial charge on any atom is 0.340 e. The predicted octanol–water partition coefficient (Wildman–Crippen LogP) is 4.00. The summed E-state index contributed by atoms with van der Waals surface area (Å²) < 4.78 is 13.8. The number of hydrogen-bond acceptors (Lipinski definition) is 3. The molecule has 0 saturated carbocycles. The van der Waals surface area contributed by atoms with Crippen LogP contribution in [0.1, 0.15) is 29.1 Å². The van der Waals surface area contributed by atoms with Gasteiger partial charge in [0, 0.05) is 10.9 Å². The molecule has 3 nitrogen and oxygen atoms in total. The molecule has 0 amide bonds. The predicted molar refractivity (Wildman–Crippen MR) is 79.0 cm³/mol. The van der Waals surface area contributed by atoms with Gasteiger partial charge in [0.05, 0.1) is 12.2 Å². The fourth-order valence-corrected chi connectivity index (χ4v) is 2.78. The van der Waals surface area contributed by atoms with Crippen molar-refractivity contribution in [2.45, 2.75) is 26.4 Å². The molecule has 106 valence electrons. The van der Waals surface area contributed by atoms with Crippen molar-refractivity contribution in [2.75, 3.05) is 4.90 Å². The first-order chi connectivity index (χ1) is 9.50. The van der Waals surface area contributed by atoms with E-state index in [0.29, 0.717) is 12.2 Å². The monoisotopic (exact) mass is 293 g/mol. The van der Waals surface area contributed by atoms with Crippen molar-refractivity contribution >= 4 is 23.0 Å². The molecule has 2 aromatic rings. The molecule has 5 heteroatoms. The zero-order valence-electron chi connectivity index (χ0n) is 11.3. The van der Waals surface area contributed by atoms with E-state index in [1.165, 1.54) is 6.07 Å². The summed E-state index contributed by atoms with van der Waals surface area (Å²) in [6, 6.07) is 8.37. The molecule has 2 rings (SSSR count). The summed E-state index contributed by atoms with van der Waals surface area (Å²) in [6.45, 7) is 4.49. The Hall–Kier alpha value is -1.88. The number of halogens is 1. The summed E-state index contributed by atoms with van der Waals surface area (Å²) in [4.78, 5) is 14.3. The van der Waals surface area contributed by atoms with E-state index in [4.69, 9.17) is 0 Å². The van der Waals surface area contributed by atoms with Gasteiger partial charge in [-0.2, -0.15) is 0 Å². The summed E-state index contributed by atoms with van der Waals surface area (Å²) in [5, 5.41) is 11.2. The third-order valence-electron chi connectivity index (χ3n) is 3.04. The highest BCUT2D eigenvalue weighted by molar-refractivity contribution is 7.09. The van der Waals surface area contributed by atoms with E-state index in [-0.39, 0.29) is 11.6 Å². The molecule has 20 heavy (non-hydrogen) atoms. The molecule has 0 aliphatic carbocycles. The van der Waals surface area contributed by atoms with Gasteiger partial charge in [-0.1, -0.05) is 12.1 Å². The summed E-state index contributed by atoms with van der Waals surface area (Å²) in [5.41, 5.74) is 0.152. The number of thiophene rings is 1. The first kappa shape index (κ1) is 14.5. The second kappa shape index (κ2) is 6.05. The van der Waals surface area contributed by atoms with E-state index >= 15 is 0 Å². The maximum atomic E-state index is 13.8. The van der Waals surface area contributed by atoms with Gasteiger partial charge >= 0.3 is 5.97 Å². The van der Waals surface area contributed by atoms with Crippen molar-refractivity contribution in [3.63, 3.8) is 0 Å². The first-order valence-electron chi connectivity index (χ1n) is 6.31. The van der Waals surface area contributed by atoms with Crippen molar-refractivity contribution in [3.05, 3.63) is 52.0 Å². The fraction of sp³-hybridized carbons (Fsp3) is 0.267. The topological polar surface area (TPSA) is 40.5 Å². The number of rotatable bonds is 5. The molecule has 1 N–H and O–H groups in total. The molecule has 0 saturated heterocycles. The highest BCUT2D eigenvalue weighted by Crippen LogP contribution is 2.27. The van der Waals surface area contributed by atoms with Crippen LogP contribution in [0, 0.1) is 5.82 Å². The molecule has 0 atom stereocenters. The fourth-order valence-electron chi connectivity index (χ4n) is 2.08. The number of nitrogens with zero attached hydrogens (tertiary/aromatic N) is 1. The van der Waals surface area contributed by atoms with Crippen molar-refractivity contribution in [3.8, 4) is 0 Å². The first-order valence-corrected chi connectivity index (χ1v) is 7.19. The normalized spacial score (nSPS) is 10.8. The van der Waals surface area contributed by atoms with Crippen LogP contribution in [0.3, 0.4) is 0 Å². The third-order valence-corrected chi connectivity index (χ3v) is 3.91. The number of carbonyl (C=O) groups is 1. The van der Waals surface area contributed by atoms with E-state index in [1.807, 2.05) is 36.3 Å². The Balaban J connectivity index is 2.44. The number of benzene rings is 1. The van der Waals surface area contributed by atoms with Gasteiger partial charge in [-0.05, 0) is 37.4 Å².